The van der Waals surface area contributed by atoms with Crippen molar-refractivity contribution in [1.82, 2.24) is 9.55 Å². The summed E-state index contributed by atoms with van der Waals surface area (Å²) >= 11 is 5.84. The van der Waals surface area contributed by atoms with Crippen LogP contribution >= 0.6 is 11.6 Å². The summed E-state index contributed by atoms with van der Waals surface area (Å²) in [7, 11) is 0. The van der Waals surface area contributed by atoms with Crippen LogP contribution in [0.3, 0.4) is 0 Å². The number of aromatic nitrogens is 2. The fourth-order valence-corrected chi connectivity index (χ4v) is 3.14. The minimum absolute atomic E-state index is 0.00655. The van der Waals surface area contributed by atoms with Gasteiger partial charge in [0, 0.05) is 36.1 Å². The van der Waals surface area contributed by atoms with E-state index in [0.717, 1.165) is 28.8 Å². The number of carbonyl (C=O) groups is 1. The van der Waals surface area contributed by atoms with Crippen LogP contribution in [-0.4, -0.2) is 20.6 Å². The van der Waals surface area contributed by atoms with Gasteiger partial charge in [-0.1, -0.05) is 17.7 Å². The van der Waals surface area contributed by atoms with Gasteiger partial charge in [-0.05, 0) is 47.0 Å². The Balaban J connectivity index is 2.04. The summed E-state index contributed by atoms with van der Waals surface area (Å²) in [4.78, 5) is 28.2. The van der Waals surface area contributed by atoms with Crippen LogP contribution in [0.2, 0.25) is 5.02 Å². The van der Waals surface area contributed by atoms with Crippen molar-refractivity contribution in [2.24, 2.45) is 0 Å². The molecule has 5 nitrogen and oxygen atoms in total. The van der Waals surface area contributed by atoms with Crippen molar-refractivity contribution in [3.8, 4) is 11.1 Å². The molecule has 3 rings (SSSR count). The molecule has 0 bridgehead atoms. The fourth-order valence-electron chi connectivity index (χ4n) is 2.96. The van der Waals surface area contributed by atoms with Gasteiger partial charge in [-0.25, -0.2) is 4.79 Å². The summed E-state index contributed by atoms with van der Waals surface area (Å²) in [5.41, 5.74) is -1.35. The number of alkyl halides is 3. The van der Waals surface area contributed by atoms with E-state index in [1.54, 1.807) is 12.1 Å². The van der Waals surface area contributed by atoms with Crippen LogP contribution in [0, 0.1) is 0 Å². The van der Waals surface area contributed by atoms with Gasteiger partial charge in [-0.2, -0.15) is 13.2 Å². The molecule has 1 atom stereocenters. The van der Waals surface area contributed by atoms with Crippen LogP contribution in [0.15, 0.2) is 65.8 Å². The van der Waals surface area contributed by atoms with Gasteiger partial charge in [0.1, 0.15) is 6.04 Å². The summed E-state index contributed by atoms with van der Waals surface area (Å²) in [6, 6.07) is 7.38. The molecule has 0 aliphatic carbocycles. The smallest absolute Gasteiger partial charge is 0.417 e. The van der Waals surface area contributed by atoms with Gasteiger partial charge in [-0.3, -0.25) is 9.78 Å². The zero-order valence-electron chi connectivity index (χ0n) is 14.7. The molecule has 1 unspecified atom stereocenters. The summed E-state index contributed by atoms with van der Waals surface area (Å²) in [6.07, 6.45) is -0.458. The third kappa shape index (κ3) is 4.65. The summed E-state index contributed by atoms with van der Waals surface area (Å²) in [5.74, 6) is -1.25. The van der Waals surface area contributed by atoms with Gasteiger partial charge in [0.25, 0.3) is 5.56 Å². The molecular formula is C20H14ClF3N2O3. The standard InChI is InChI=1S/C20H14ClF3N2O3/c21-14-3-4-16(20(22,23)24)15(10-14)13-5-7-26(18(27)9-13)17(19(28)29)8-12-2-1-6-25-11-12/h1-7,9-11,17H,8H2,(H,28,29). The number of nitrogens with zero attached hydrogens (tertiary/aromatic N) is 2. The summed E-state index contributed by atoms with van der Waals surface area (Å²) < 4.78 is 40.9. The van der Waals surface area contributed by atoms with Crippen molar-refractivity contribution in [3.05, 3.63) is 87.6 Å². The number of rotatable bonds is 5. The third-order valence-corrected chi connectivity index (χ3v) is 4.55. The minimum atomic E-state index is -4.64. The van der Waals surface area contributed by atoms with Crippen LogP contribution < -0.4 is 5.56 Å². The average molecular weight is 423 g/mol. The maximum atomic E-state index is 13.3. The van der Waals surface area contributed by atoms with E-state index in [9.17, 15) is 27.9 Å². The van der Waals surface area contributed by atoms with Gasteiger partial charge in [-0.15, -0.1) is 0 Å². The Hall–Kier alpha value is -3.13. The van der Waals surface area contributed by atoms with Gasteiger partial charge in [0.2, 0.25) is 0 Å². The number of benzene rings is 1. The monoisotopic (exact) mass is 422 g/mol. The van der Waals surface area contributed by atoms with Crippen LogP contribution in [0.4, 0.5) is 13.2 Å². The Kier molecular flexibility index (Phi) is 5.74. The molecule has 0 radical (unpaired) electrons. The van der Waals surface area contributed by atoms with Crippen molar-refractivity contribution in [1.29, 1.82) is 0 Å². The molecule has 0 saturated heterocycles. The highest BCUT2D eigenvalue weighted by Crippen LogP contribution is 2.38. The first kappa shape index (κ1) is 20.6. The lowest BCUT2D eigenvalue weighted by molar-refractivity contribution is -0.141. The average Bonchev–Trinajstić information content (AvgIpc) is 2.66. The molecule has 2 heterocycles. The van der Waals surface area contributed by atoms with Crippen molar-refractivity contribution in [3.63, 3.8) is 0 Å². The largest absolute Gasteiger partial charge is 0.480 e. The van der Waals surface area contributed by atoms with Crippen molar-refractivity contribution in [2.75, 3.05) is 0 Å². The highest BCUT2D eigenvalue weighted by atomic mass is 35.5. The van der Waals surface area contributed by atoms with E-state index in [0.29, 0.717) is 5.56 Å². The van der Waals surface area contributed by atoms with Crippen LogP contribution in [0.25, 0.3) is 11.1 Å². The van der Waals surface area contributed by atoms with E-state index >= 15 is 0 Å². The fraction of sp³-hybridized carbons (Fsp3) is 0.150. The molecular weight excluding hydrogens is 409 g/mol. The Labute approximate surface area is 168 Å². The Morgan fingerprint density at radius 3 is 2.55 bits per heavy atom. The Bertz CT molecular complexity index is 1100. The van der Waals surface area contributed by atoms with Gasteiger partial charge < -0.3 is 9.67 Å². The van der Waals surface area contributed by atoms with Crippen molar-refractivity contribution < 1.29 is 23.1 Å². The van der Waals surface area contributed by atoms with E-state index in [2.05, 4.69) is 4.98 Å². The number of hydrogen-bond acceptors (Lipinski definition) is 3. The number of pyridine rings is 2. The molecule has 150 valence electrons. The lowest BCUT2D eigenvalue weighted by atomic mass is 10.00. The molecule has 1 N–H and O–H groups in total. The molecule has 0 spiro atoms. The number of hydrogen-bond donors (Lipinski definition) is 1. The van der Waals surface area contributed by atoms with E-state index in [1.165, 1.54) is 24.7 Å². The lowest BCUT2D eigenvalue weighted by Crippen LogP contribution is -2.30. The summed E-state index contributed by atoms with van der Waals surface area (Å²) in [6.45, 7) is 0. The zero-order chi connectivity index (χ0) is 21.2. The van der Waals surface area contributed by atoms with Gasteiger partial charge >= 0.3 is 12.1 Å². The SMILES string of the molecule is O=C(O)C(Cc1cccnc1)n1ccc(-c2cc(Cl)ccc2C(F)(F)F)cc1=O. The maximum absolute atomic E-state index is 13.3. The highest BCUT2D eigenvalue weighted by Gasteiger charge is 2.34. The molecule has 3 aromatic rings. The van der Waals surface area contributed by atoms with E-state index in [-0.39, 0.29) is 22.6 Å². The van der Waals surface area contributed by atoms with E-state index < -0.39 is 29.3 Å². The molecule has 0 saturated carbocycles. The van der Waals surface area contributed by atoms with Crippen molar-refractivity contribution >= 4 is 17.6 Å². The first-order valence-electron chi connectivity index (χ1n) is 8.38. The molecule has 2 aromatic heterocycles. The molecule has 9 heteroatoms. The molecule has 0 amide bonds. The quantitative estimate of drug-likeness (QED) is 0.659. The molecule has 29 heavy (non-hydrogen) atoms. The zero-order valence-corrected chi connectivity index (χ0v) is 15.5. The number of aliphatic carboxylic acids is 1. The van der Waals surface area contributed by atoms with Crippen LogP contribution in [0.1, 0.15) is 17.2 Å². The first-order chi connectivity index (χ1) is 13.7. The second kappa shape index (κ2) is 8.08. The predicted octanol–water partition coefficient (Wildman–Crippen LogP) is 4.45. The number of carboxylic acid groups (broad SMARTS) is 1. The second-order valence-electron chi connectivity index (χ2n) is 6.27. The van der Waals surface area contributed by atoms with Crippen molar-refractivity contribution in [2.45, 2.75) is 18.6 Å². The lowest BCUT2D eigenvalue weighted by Gasteiger charge is -2.17. The van der Waals surface area contributed by atoms with Gasteiger partial charge in [0.05, 0.1) is 5.56 Å². The molecule has 0 aliphatic rings. The third-order valence-electron chi connectivity index (χ3n) is 4.32. The Morgan fingerprint density at radius 1 is 1.21 bits per heavy atom. The molecule has 0 aliphatic heterocycles. The van der Waals surface area contributed by atoms with Crippen LogP contribution in [-0.2, 0) is 17.4 Å². The molecule has 1 aromatic carbocycles. The van der Waals surface area contributed by atoms with Crippen LogP contribution in [0.5, 0.6) is 0 Å². The van der Waals surface area contributed by atoms with Gasteiger partial charge in [0.15, 0.2) is 0 Å². The topological polar surface area (TPSA) is 72.2 Å². The number of halogens is 4. The predicted molar refractivity (Wildman–Crippen MR) is 101 cm³/mol. The van der Waals surface area contributed by atoms with E-state index in [4.69, 9.17) is 11.6 Å². The minimum Gasteiger partial charge on any atom is -0.480 e. The second-order valence-corrected chi connectivity index (χ2v) is 6.70. The Morgan fingerprint density at radius 2 is 1.97 bits per heavy atom. The normalized spacial score (nSPS) is 12.6. The maximum Gasteiger partial charge on any atom is 0.417 e. The summed E-state index contributed by atoms with van der Waals surface area (Å²) in [5, 5.41) is 9.62. The number of carboxylic acids is 1. The molecule has 0 fully saturated rings. The first-order valence-corrected chi connectivity index (χ1v) is 8.75. The highest BCUT2D eigenvalue weighted by molar-refractivity contribution is 6.30. The van der Waals surface area contributed by atoms with E-state index in [1.807, 2.05) is 0 Å².